The summed E-state index contributed by atoms with van der Waals surface area (Å²) in [4.78, 5) is 38.1. The summed E-state index contributed by atoms with van der Waals surface area (Å²) in [5, 5.41) is 0. The molecule has 1 aliphatic heterocycles. The minimum Gasteiger partial charge on any atom is -0.351 e. The van der Waals surface area contributed by atoms with E-state index in [1.165, 1.54) is 12.4 Å². The molecule has 2 rings (SSSR count). The first-order chi connectivity index (χ1) is 11.1. The van der Waals surface area contributed by atoms with E-state index in [1.807, 2.05) is 11.8 Å². The van der Waals surface area contributed by atoms with Crippen LogP contribution in [0.5, 0.6) is 0 Å². The molecular formula is C15H22N4O4. The Hall–Kier alpha value is -2.06. The summed E-state index contributed by atoms with van der Waals surface area (Å²) in [5.41, 5.74) is 2.61. The minimum absolute atomic E-state index is 0.126. The number of nitrogens with zero attached hydrogens (tertiary/aromatic N) is 3. The van der Waals surface area contributed by atoms with Crippen molar-refractivity contribution in [2.45, 2.75) is 33.0 Å². The average Bonchev–Trinajstić information content (AvgIpc) is 2.60. The second kappa shape index (κ2) is 8.54. The van der Waals surface area contributed by atoms with E-state index in [4.69, 9.17) is 9.57 Å². The summed E-state index contributed by atoms with van der Waals surface area (Å²) in [6, 6.07) is 0. The lowest BCUT2D eigenvalue weighted by atomic mass is 9.99. The van der Waals surface area contributed by atoms with E-state index in [0.29, 0.717) is 18.1 Å². The number of piperidine rings is 1. The van der Waals surface area contributed by atoms with Crippen molar-refractivity contribution in [3.8, 4) is 0 Å². The van der Waals surface area contributed by atoms with Crippen LogP contribution in [0.15, 0.2) is 12.4 Å². The van der Waals surface area contributed by atoms with Gasteiger partial charge in [0.25, 0.3) is 5.91 Å². The number of anilines is 1. The van der Waals surface area contributed by atoms with Crippen LogP contribution in [-0.4, -0.2) is 48.1 Å². The molecule has 0 spiro atoms. The van der Waals surface area contributed by atoms with Crippen molar-refractivity contribution >= 4 is 18.1 Å². The Kier molecular flexibility index (Phi) is 6.42. The largest absolute Gasteiger partial charge is 0.351 e. The van der Waals surface area contributed by atoms with Crippen LogP contribution in [0, 0.1) is 5.92 Å². The zero-order valence-electron chi connectivity index (χ0n) is 13.4. The number of nitrogens with one attached hydrogen (secondary N) is 1. The molecule has 8 nitrogen and oxygen atoms in total. The zero-order chi connectivity index (χ0) is 16.7. The monoisotopic (exact) mass is 322 g/mol. The van der Waals surface area contributed by atoms with Gasteiger partial charge in [-0.2, -0.15) is 0 Å². The molecule has 0 aliphatic carbocycles. The van der Waals surface area contributed by atoms with Gasteiger partial charge < -0.3 is 14.4 Å². The first-order valence-electron chi connectivity index (χ1n) is 7.74. The van der Waals surface area contributed by atoms with Gasteiger partial charge in [0, 0.05) is 38.0 Å². The minimum atomic E-state index is -0.525. The first-order valence-corrected chi connectivity index (χ1v) is 7.74. The van der Waals surface area contributed by atoms with E-state index in [-0.39, 0.29) is 5.92 Å². The molecule has 1 amide bonds. The molecule has 0 radical (unpaired) electrons. The molecule has 1 aromatic heterocycles. The summed E-state index contributed by atoms with van der Waals surface area (Å²) < 4.78 is 5.14. The molecule has 23 heavy (non-hydrogen) atoms. The van der Waals surface area contributed by atoms with Gasteiger partial charge in [-0.1, -0.05) is 0 Å². The van der Waals surface area contributed by atoms with Crippen LogP contribution in [0.25, 0.3) is 0 Å². The van der Waals surface area contributed by atoms with Crippen LogP contribution in [0.2, 0.25) is 0 Å². The molecule has 1 aliphatic rings. The lowest BCUT2D eigenvalue weighted by Crippen LogP contribution is -2.35. The van der Waals surface area contributed by atoms with Crippen molar-refractivity contribution in [1.29, 1.82) is 0 Å². The van der Waals surface area contributed by atoms with E-state index < -0.39 is 12.2 Å². The quantitative estimate of drug-likeness (QED) is 0.453. The fraction of sp³-hybridized carbons (Fsp3) is 0.600. The number of aromatic nitrogens is 2. The molecule has 0 saturated carbocycles. The molecule has 8 heteroatoms. The van der Waals surface area contributed by atoms with Crippen LogP contribution in [-0.2, 0) is 14.4 Å². The lowest BCUT2D eigenvalue weighted by Gasteiger charge is -2.29. The van der Waals surface area contributed by atoms with Gasteiger partial charge >= 0.3 is 0 Å². The number of amides is 1. The van der Waals surface area contributed by atoms with E-state index >= 15 is 0 Å². The maximum atomic E-state index is 11.9. The van der Waals surface area contributed by atoms with Gasteiger partial charge in [0.2, 0.25) is 5.95 Å². The van der Waals surface area contributed by atoms with Crippen molar-refractivity contribution in [3.05, 3.63) is 18.0 Å². The topological polar surface area (TPSA) is 93.7 Å². The van der Waals surface area contributed by atoms with Gasteiger partial charge in [-0.15, -0.1) is 0 Å². The molecule has 1 saturated heterocycles. The third-order valence-corrected chi connectivity index (χ3v) is 3.63. The predicted molar refractivity (Wildman–Crippen MR) is 82.7 cm³/mol. The predicted octanol–water partition coefficient (Wildman–Crippen LogP) is 0.936. The van der Waals surface area contributed by atoms with Gasteiger partial charge in [0.15, 0.2) is 6.29 Å². The van der Waals surface area contributed by atoms with Crippen LogP contribution >= 0.6 is 0 Å². The van der Waals surface area contributed by atoms with Crippen molar-refractivity contribution in [3.63, 3.8) is 0 Å². The summed E-state index contributed by atoms with van der Waals surface area (Å²) in [7, 11) is 0. The van der Waals surface area contributed by atoms with Gasteiger partial charge in [-0.05, 0) is 26.7 Å². The van der Waals surface area contributed by atoms with Gasteiger partial charge in [-0.3, -0.25) is 4.79 Å². The molecule has 1 fully saturated rings. The fourth-order valence-electron chi connectivity index (χ4n) is 2.30. The molecule has 1 unspecified atom stereocenters. The number of ether oxygens (including phenoxy) is 1. The number of hydroxylamine groups is 1. The second-order valence-electron chi connectivity index (χ2n) is 5.30. The summed E-state index contributed by atoms with van der Waals surface area (Å²) in [5.74, 6) is 0.262. The Morgan fingerprint density at radius 2 is 2.09 bits per heavy atom. The Labute approximate surface area is 135 Å². The van der Waals surface area contributed by atoms with Gasteiger partial charge in [0.1, 0.15) is 6.29 Å². The number of hydrogen-bond donors (Lipinski definition) is 1. The van der Waals surface area contributed by atoms with E-state index in [9.17, 15) is 9.59 Å². The summed E-state index contributed by atoms with van der Waals surface area (Å²) in [6.07, 6.45) is 5.00. The Balaban J connectivity index is 1.86. The number of aldehydes is 1. The highest BCUT2D eigenvalue weighted by molar-refractivity contribution is 5.92. The highest BCUT2D eigenvalue weighted by Crippen LogP contribution is 2.18. The molecular weight excluding hydrogens is 300 g/mol. The van der Waals surface area contributed by atoms with Crippen molar-refractivity contribution in [1.82, 2.24) is 15.4 Å². The number of hydrogen-bond acceptors (Lipinski definition) is 7. The normalized spacial score (nSPS) is 16.9. The van der Waals surface area contributed by atoms with Gasteiger partial charge in [-0.25, -0.2) is 20.3 Å². The standard InChI is InChI=1S/C15H22N4O4/c1-3-22-11(2)23-18-14(21)13-8-16-15(17-9-13)19-6-4-12(10-20)5-7-19/h8-12H,3-7H2,1-2H3,(H,18,21). The average molecular weight is 322 g/mol. The summed E-state index contributed by atoms with van der Waals surface area (Å²) in [6.45, 7) is 5.50. The fourth-order valence-corrected chi connectivity index (χ4v) is 2.30. The Bertz CT molecular complexity index is 515. The molecule has 2 heterocycles. The van der Waals surface area contributed by atoms with Crippen molar-refractivity contribution in [2.24, 2.45) is 5.92 Å². The molecule has 126 valence electrons. The Morgan fingerprint density at radius 3 is 2.65 bits per heavy atom. The third kappa shape index (κ3) is 4.97. The van der Waals surface area contributed by atoms with Crippen molar-refractivity contribution < 1.29 is 19.2 Å². The maximum absolute atomic E-state index is 11.9. The molecule has 1 aromatic rings. The smallest absolute Gasteiger partial charge is 0.278 e. The molecule has 1 atom stereocenters. The second-order valence-corrected chi connectivity index (χ2v) is 5.30. The molecule has 0 aromatic carbocycles. The van der Waals surface area contributed by atoms with Gasteiger partial charge in [0.05, 0.1) is 5.56 Å². The van der Waals surface area contributed by atoms with Crippen molar-refractivity contribution in [2.75, 3.05) is 24.6 Å². The summed E-state index contributed by atoms with van der Waals surface area (Å²) >= 11 is 0. The SMILES string of the molecule is CCOC(C)ONC(=O)c1cnc(N2CCC(C=O)CC2)nc1. The van der Waals surface area contributed by atoms with E-state index in [1.54, 1.807) is 6.92 Å². The zero-order valence-corrected chi connectivity index (χ0v) is 13.4. The van der Waals surface area contributed by atoms with Crippen LogP contribution in [0.4, 0.5) is 5.95 Å². The highest BCUT2D eigenvalue weighted by Gasteiger charge is 2.20. The van der Waals surface area contributed by atoms with Crippen LogP contribution in [0.1, 0.15) is 37.0 Å². The first kappa shape index (κ1) is 17.3. The number of carbonyl (C=O) groups excluding carboxylic acids is 2. The molecule has 1 N–H and O–H groups in total. The van der Waals surface area contributed by atoms with Crippen LogP contribution in [0.3, 0.4) is 0 Å². The van der Waals surface area contributed by atoms with E-state index in [0.717, 1.165) is 32.2 Å². The highest BCUT2D eigenvalue weighted by atomic mass is 16.8. The molecule has 0 bridgehead atoms. The lowest BCUT2D eigenvalue weighted by molar-refractivity contribution is -0.155. The Morgan fingerprint density at radius 1 is 1.43 bits per heavy atom. The third-order valence-electron chi connectivity index (χ3n) is 3.63. The number of carbonyl (C=O) groups is 2. The number of rotatable bonds is 7. The van der Waals surface area contributed by atoms with E-state index in [2.05, 4.69) is 15.4 Å². The maximum Gasteiger partial charge on any atom is 0.278 e. The van der Waals surface area contributed by atoms with Crippen LogP contribution < -0.4 is 10.4 Å².